The molecule has 0 bridgehead atoms. The maximum Gasteiger partial charge on any atom is 0.435 e. The Labute approximate surface area is 71.7 Å². The summed E-state index contributed by atoms with van der Waals surface area (Å²) in [5.41, 5.74) is 3.44. The zero-order valence-corrected chi connectivity index (χ0v) is 6.68. The predicted octanol–water partition coefficient (Wildman–Crippen LogP) is 0.723. The highest BCUT2D eigenvalue weighted by atomic mass is 19.4. The maximum absolute atomic E-state index is 12.2. The van der Waals surface area contributed by atoms with Gasteiger partial charge in [0, 0.05) is 13.2 Å². The van der Waals surface area contributed by atoms with E-state index in [-0.39, 0.29) is 0 Å². The molecule has 4 nitrogen and oxygen atoms in total. The van der Waals surface area contributed by atoms with Gasteiger partial charge in [0.15, 0.2) is 5.69 Å². The summed E-state index contributed by atoms with van der Waals surface area (Å²) in [6.45, 7) is 0. The Kier molecular flexibility index (Phi) is 2.02. The first kappa shape index (κ1) is 9.56. The quantitative estimate of drug-likeness (QED) is 0.508. The number of hydrogen-bond donors (Lipinski definition) is 2. The Balaban J connectivity index is 3.28. The van der Waals surface area contributed by atoms with Gasteiger partial charge in [-0.3, -0.25) is 10.1 Å². The van der Waals surface area contributed by atoms with Crippen molar-refractivity contribution < 1.29 is 13.2 Å². The van der Waals surface area contributed by atoms with Crippen molar-refractivity contribution in [1.82, 2.24) is 9.78 Å². The topological polar surface area (TPSA) is 67.7 Å². The lowest BCUT2D eigenvalue weighted by Crippen LogP contribution is -2.17. The number of nitrogens with zero attached hydrogens (tertiary/aromatic N) is 2. The number of aryl methyl sites for hydroxylation is 1. The second-order valence-corrected chi connectivity index (χ2v) is 2.48. The molecule has 0 unspecified atom stereocenters. The number of hydrogen-bond acceptors (Lipinski definition) is 2. The summed E-state index contributed by atoms with van der Waals surface area (Å²) < 4.78 is 37.6. The minimum absolute atomic E-state index is 0.394. The summed E-state index contributed by atoms with van der Waals surface area (Å²) >= 11 is 0. The molecule has 7 heteroatoms. The van der Waals surface area contributed by atoms with Crippen molar-refractivity contribution in [2.24, 2.45) is 12.8 Å². The molecule has 0 radical (unpaired) electrons. The van der Waals surface area contributed by atoms with Crippen LogP contribution in [-0.4, -0.2) is 15.6 Å². The number of nitrogen functional groups attached to an aromatic ring is 1. The summed E-state index contributed by atoms with van der Waals surface area (Å²) in [4.78, 5) is 0. The van der Waals surface area contributed by atoms with Crippen molar-refractivity contribution in [2.75, 3.05) is 0 Å². The van der Waals surface area contributed by atoms with Crippen LogP contribution in [0.1, 0.15) is 11.3 Å². The summed E-state index contributed by atoms with van der Waals surface area (Å²) in [6, 6.07) is 0. The fourth-order valence-electron chi connectivity index (χ4n) is 0.895. The van der Waals surface area contributed by atoms with E-state index in [9.17, 15) is 13.2 Å². The van der Waals surface area contributed by atoms with Gasteiger partial charge in [0.05, 0.1) is 5.56 Å². The Morgan fingerprint density at radius 3 is 2.46 bits per heavy atom. The highest BCUT2D eigenvalue weighted by molar-refractivity contribution is 5.95. The fraction of sp³-hybridized carbons (Fsp3) is 0.333. The second-order valence-electron chi connectivity index (χ2n) is 2.48. The van der Waals surface area contributed by atoms with Gasteiger partial charge in [-0.25, -0.2) is 0 Å². The second kappa shape index (κ2) is 2.75. The number of nitrogens with two attached hydrogens (primary N) is 1. The lowest BCUT2D eigenvalue weighted by molar-refractivity contribution is -0.141. The van der Waals surface area contributed by atoms with Crippen molar-refractivity contribution in [3.05, 3.63) is 17.5 Å². The number of amidine groups is 1. The SMILES string of the molecule is Cn1cc(C(=N)N)c(C(F)(F)F)n1. The van der Waals surface area contributed by atoms with Gasteiger partial charge in [-0.1, -0.05) is 0 Å². The van der Waals surface area contributed by atoms with Crippen LogP contribution >= 0.6 is 0 Å². The molecule has 0 aliphatic carbocycles. The van der Waals surface area contributed by atoms with Gasteiger partial charge in [-0.2, -0.15) is 18.3 Å². The molecule has 3 N–H and O–H groups in total. The van der Waals surface area contributed by atoms with Crippen molar-refractivity contribution in [3.63, 3.8) is 0 Å². The van der Waals surface area contributed by atoms with Crippen LogP contribution in [-0.2, 0) is 13.2 Å². The van der Waals surface area contributed by atoms with Gasteiger partial charge in [0.1, 0.15) is 5.84 Å². The van der Waals surface area contributed by atoms with E-state index in [0.29, 0.717) is 0 Å². The molecule has 0 aliphatic rings. The molecule has 72 valence electrons. The van der Waals surface area contributed by atoms with Crippen LogP contribution < -0.4 is 5.73 Å². The molecule has 0 amide bonds. The zero-order valence-electron chi connectivity index (χ0n) is 6.68. The first-order valence-corrected chi connectivity index (χ1v) is 3.27. The molecule has 0 saturated heterocycles. The molecule has 1 heterocycles. The van der Waals surface area contributed by atoms with E-state index in [1.54, 1.807) is 0 Å². The molecular formula is C6H7F3N4. The lowest BCUT2D eigenvalue weighted by atomic mass is 10.2. The van der Waals surface area contributed by atoms with Crippen LogP contribution in [0, 0.1) is 5.41 Å². The van der Waals surface area contributed by atoms with E-state index in [0.717, 1.165) is 10.9 Å². The van der Waals surface area contributed by atoms with Gasteiger partial charge in [0.25, 0.3) is 0 Å². The molecule has 0 spiro atoms. The van der Waals surface area contributed by atoms with Gasteiger partial charge in [-0.15, -0.1) is 0 Å². The molecule has 0 atom stereocenters. The number of aromatic nitrogens is 2. The minimum atomic E-state index is -4.57. The molecule has 1 aromatic heterocycles. The third kappa shape index (κ3) is 1.79. The monoisotopic (exact) mass is 192 g/mol. The summed E-state index contributed by atoms with van der Waals surface area (Å²) in [5, 5.41) is 10.1. The minimum Gasteiger partial charge on any atom is -0.384 e. The largest absolute Gasteiger partial charge is 0.435 e. The van der Waals surface area contributed by atoms with Crippen LogP contribution in [0.3, 0.4) is 0 Å². The van der Waals surface area contributed by atoms with Crippen LogP contribution in [0.4, 0.5) is 13.2 Å². The van der Waals surface area contributed by atoms with Gasteiger partial charge in [-0.05, 0) is 0 Å². The Morgan fingerprint density at radius 2 is 2.15 bits per heavy atom. The summed E-state index contributed by atoms with van der Waals surface area (Å²) in [5.74, 6) is -0.638. The van der Waals surface area contributed by atoms with Crippen LogP contribution in [0.5, 0.6) is 0 Å². The zero-order chi connectivity index (χ0) is 10.2. The van der Waals surface area contributed by atoms with Crippen molar-refractivity contribution in [1.29, 1.82) is 5.41 Å². The van der Waals surface area contributed by atoms with Crippen molar-refractivity contribution >= 4 is 5.84 Å². The number of nitrogens with one attached hydrogen (secondary N) is 1. The molecular weight excluding hydrogens is 185 g/mol. The Morgan fingerprint density at radius 1 is 1.62 bits per heavy atom. The fourth-order valence-corrected chi connectivity index (χ4v) is 0.895. The molecule has 0 fully saturated rings. The first-order chi connectivity index (χ1) is 5.82. The third-order valence-corrected chi connectivity index (χ3v) is 1.39. The number of rotatable bonds is 1. The summed E-state index contributed by atoms with van der Waals surface area (Å²) in [6.07, 6.45) is -3.51. The van der Waals surface area contributed by atoms with Crippen LogP contribution in [0.25, 0.3) is 0 Å². The Hall–Kier alpha value is -1.53. The van der Waals surface area contributed by atoms with Gasteiger partial charge >= 0.3 is 6.18 Å². The van der Waals surface area contributed by atoms with E-state index in [1.807, 2.05) is 0 Å². The predicted molar refractivity (Wildman–Crippen MR) is 39.2 cm³/mol. The highest BCUT2D eigenvalue weighted by Gasteiger charge is 2.37. The normalized spacial score (nSPS) is 11.7. The third-order valence-electron chi connectivity index (χ3n) is 1.39. The Bertz CT molecular complexity index is 338. The maximum atomic E-state index is 12.2. The smallest absolute Gasteiger partial charge is 0.384 e. The first-order valence-electron chi connectivity index (χ1n) is 3.27. The molecule has 1 rings (SSSR count). The van der Waals surface area contributed by atoms with Gasteiger partial charge in [0.2, 0.25) is 0 Å². The average molecular weight is 192 g/mol. The van der Waals surface area contributed by atoms with Gasteiger partial charge < -0.3 is 5.73 Å². The average Bonchev–Trinajstić information content (AvgIpc) is 2.29. The molecule has 0 saturated carbocycles. The number of alkyl halides is 3. The van der Waals surface area contributed by atoms with E-state index in [1.165, 1.54) is 7.05 Å². The highest BCUT2D eigenvalue weighted by Crippen LogP contribution is 2.30. The van der Waals surface area contributed by atoms with E-state index in [2.05, 4.69) is 5.10 Å². The molecule has 1 aromatic rings. The van der Waals surface area contributed by atoms with E-state index >= 15 is 0 Å². The molecule has 13 heavy (non-hydrogen) atoms. The molecule has 0 aliphatic heterocycles. The van der Waals surface area contributed by atoms with Crippen LogP contribution in [0.2, 0.25) is 0 Å². The van der Waals surface area contributed by atoms with E-state index < -0.39 is 23.3 Å². The lowest BCUT2D eigenvalue weighted by Gasteiger charge is -2.03. The molecule has 0 aromatic carbocycles. The standard InChI is InChI=1S/C6H7F3N4/c1-13-2-3(5(10)11)4(12-13)6(7,8)9/h2H,1H3,(H3,10,11). The summed E-state index contributed by atoms with van der Waals surface area (Å²) in [7, 11) is 1.34. The van der Waals surface area contributed by atoms with Crippen LogP contribution in [0.15, 0.2) is 6.20 Å². The van der Waals surface area contributed by atoms with E-state index in [4.69, 9.17) is 11.1 Å². The van der Waals surface area contributed by atoms with Crippen molar-refractivity contribution in [2.45, 2.75) is 6.18 Å². The number of halogens is 3. The van der Waals surface area contributed by atoms with Crippen molar-refractivity contribution in [3.8, 4) is 0 Å².